The van der Waals surface area contributed by atoms with Crippen LogP contribution in [0.25, 0.3) is 103 Å². The van der Waals surface area contributed by atoms with Gasteiger partial charge in [-0.1, -0.05) is 97.1 Å². The summed E-state index contributed by atoms with van der Waals surface area (Å²) in [5.41, 5.74) is 12.7. The lowest BCUT2D eigenvalue weighted by atomic mass is 10.0. The highest BCUT2D eigenvalue weighted by Gasteiger charge is 2.20. The summed E-state index contributed by atoms with van der Waals surface area (Å²) in [6.45, 7) is 16.0. The van der Waals surface area contributed by atoms with Gasteiger partial charge in [-0.15, -0.1) is 0 Å². The lowest BCUT2D eigenvalue weighted by Gasteiger charge is -2.16. The predicted molar refractivity (Wildman–Crippen MR) is 227 cm³/mol. The Balaban J connectivity index is 1.16. The fourth-order valence-corrected chi connectivity index (χ4v) is 8.73. The smallest absolute Gasteiger partial charge is 0.189 e. The van der Waals surface area contributed by atoms with Gasteiger partial charge in [0.1, 0.15) is 0 Å². The molecule has 0 radical (unpaired) electrons. The van der Waals surface area contributed by atoms with Crippen LogP contribution >= 0.6 is 0 Å². The summed E-state index contributed by atoms with van der Waals surface area (Å²) in [6.07, 6.45) is 0. The van der Waals surface area contributed by atoms with Gasteiger partial charge in [0, 0.05) is 43.9 Å². The normalized spacial score (nSPS) is 11.6. The molecule has 3 heterocycles. The minimum absolute atomic E-state index is 0.573. The summed E-state index contributed by atoms with van der Waals surface area (Å²) in [4.78, 5) is 7.81. The minimum atomic E-state index is 0.573. The zero-order chi connectivity index (χ0) is 36.6. The molecule has 0 unspecified atom stereocenters. The van der Waals surface area contributed by atoms with Crippen LogP contribution in [0.4, 0.5) is 11.4 Å². The molecule has 8 aromatic carbocycles. The molecule has 0 aliphatic heterocycles. The summed E-state index contributed by atoms with van der Waals surface area (Å²) in [7, 11) is 0. The van der Waals surface area contributed by atoms with E-state index in [1.54, 1.807) is 0 Å². The van der Waals surface area contributed by atoms with Gasteiger partial charge in [-0.25, -0.2) is 9.69 Å². The first-order valence-electron chi connectivity index (χ1n) is 18.3. The third kappa shape index (κ3) is 4.51. The zero-order valence-corrected chi connectivity index (χ0v) is 29.5. The Hall–Kier alpha value is -7.86. The van der Waals surface area contributed by atoms with Crippen LogP contribution in [0, 0.1) is 13.1 Å². The number of para-hydroxylation sites is 5. The average Bonchev–Trinajstić information content (AvgIpc) is 3.88. The van der Waals surface area contributed by atoms with Crippen molar-refractivity contribution in [2.45, 2.75) is 0 Å². The van der Waals surface area contributed by atoms with E-state index < -0.39 is 0 Å². The van der Waals surface area contributed by atoms with Crippen molar-refractivity contribution in [3.63, 3.8) is 0 Å². The highest BCUT2D eigenvalue weighted by atomic mass is 15.0. The van der Waals surface area contributed by atoms with Gasteiger partial charge in [0.15, 0.2) is 11.4 Å². The minimum Gasteiger partial charge on any atom is -0.310 e. The molecule has 0 atom stereocenters. The van der Waals surface area contributed by atoms with Crippen LogP contribution < -0.4 is 0 Å². The van der Waals surface area contributed by atoms with Crippen molar-refractivity contribution >= 4 is 76.8 Å². The molecule has 3 aromatic heterocycles. The van der Waals surface area contributed by atoms with Gasteiger partial charge in [-0.3, -0.25) is 0 Å². The first-order chi connectivity index (χ1) is 27.2. The molecule has 0 saturated heterocycles. The summed E-state index contributed by atoms with van der Waals surface area (Å²) in [5.74, 6) is 0. The van der Waals surface area contributed by atoms with Crippen LogP contribution in [0.3, 0.4) is 0 Å². The Morgan fingerprint density at radius 1 is 0.327 bits per heavy atom. The van der Waals surface area contributed by atoms with Gasteiger partial charge in [-0.05, 0) is 89.8 Å². The molecule has 11 rings (SSSR count). The second-order valence-corrected chi connectivity index (χ2v) is 14.0. The van der Waals surface area contributed by atoms with Gasteiger partial charge in [-0.2, -0.15) is 0 Å². The number of aromatic nitrogens is 3. The van der Waals surface area contributed by atoms with Crippen LogP contribution in [-0.4, -0.2) is 13.7 Å². The van der Waals surface area contributed by atoms with Gasteiger partial charge in [0.2, 0.25) is 0 Å². The standard InChI is InChI=1S/C50H29N5/c1-51-33-23-25-49-42(30-33)43-31-35(53-45-19-9-4-14-38(45)39-15-5-10-20-46(39)53)24-26-50(43)55(49)44-18-8-3-13-37(44)32-27-34(52-2)29-36(28-32)54-47-21-11-6-16-40(47)41-17-7-12-22-48(41)54/h3-31H. The first-order valence-corrected chi connectivity index (χ1v) is 18.3. The zero-order valence-electron chi connectivity index (χ0n) is 29.5. The summed E-state index contributed by atoms with van der Waals surface area (Å²) < 4.78 is 6.92. The third-order valence-electron chi connectivity index (χ3n) is 11.0. The number of hydrogen-bond donors (Lipinski definition) is 0. The molecule has 0 aliphatic rings. The molecule has 254 valence electrons. The molecule has 0 N–H and O–H groups in total. The maximum Gasteiger partial charge on any atom is 0.189 e. The van der Waals surface area contributed by atoms with Crippen LogP contribution in [0.5, 0.6) is 0 Å². The van der Waals surface area contributed by atoms with E-state index in [0.29, 0.717) is 11.4 Å². The first kappa shape index (κ1) is 30.7. The molecule has 0 saturated carbocycles. The number of hydrogen-bond acceptors (Lipinski definition) is 0. The molecule has 5 nitrogen and oxygen atoms in total. The van der Waals surface area contributed by atoms with Crippen molar-refractivity contribution in [2.75, 3.05) is 0 Å². The Kier molecular flexibility index (Phi) is 6.61. The number of rotatable bonds is 4. The molecule has 0 spiro atoms. The van der Waals surface area contributed by atoms with E-state index in [-0.39, 0.29) is 0 Å². The van der Waals surface area contributed by atoms with Crippen LogP contribution in [-0.2, 0) is 0 Å². The van der Waals surface area contributed by atoms with E-state index in [4.69, 9.17) is 13.1 Å². The Morgan fingerprint density at radius 2 is 0.800 bits per heavy atom. The summed E-state index contributed by atoms with van der Waals surface area (Å²) >= 11 is 0. The second kappa shape index (κ2) is 11.8. The van der Waals surface area contributed by atoms with Crippen molar-refractivity contribution in [1.82, 2.24) is 13.7 Å². The van der Waals surface area contributed by atoms with Crippen LogP contribution in [0.1, 0.15) is 0 Å². The van der Waals surface area contributed by atoms with Crippen LogP contribution in [0.15, 0.2) is 176 Å². The molecule has 0 bridgehead atoms. The van der Waals surface area contributed by atoms with Crippen LogP contribution in [0.2, 0.25) is 0 Å². The molecule has 0 aliphatic carbocycles. The Bertz CT molecular complexity index is 3360. The van der Waals surface area contributed by atoms with Crippen molar-refractivity contribution in [2.24, 2.45) is 0 Å². The molecule has 0 amide bonds. The molecule has 5 heteroatoms. The molecule has 0 fully saturated rings. The van der Waals surface area contributed by atoms with E-state index in [9.17, 15) is 0 Å². The van der Waals surface area contributed by atoms with Gasteiger partial charge < -0.3 is 13.7 Å². The van der Waals surface area contributed by atoms with E-state index in [1.807, 2.05) is 24.3 Å². The van der Waals surface area contributed by atoms with Crippen molar-refractivity contribution in [3.05, 3.63) is 199 Å². The summed E-state index contributed by atoms with van der Waals surface area (Å²) in [6, 6.07) is 61.3. The largest absolute Gasteiger partial charge is 0.310 e. The van der Waals surface area contributed by atoms with E-state index >= 15 is 0 Å². The number of fused-ring (bicyclic) bond motifs is 9. The summed E-state index contributed by atoms with van der Waals surface area (Å²) in [5, 5.41) is 6.87. The maximum absolute atomic E-state index is 8.16. The van der Waals surface area contributed by atoms with Gasteiger partial charge in [0.05, 0.1) is 51.9 Å². The highest BCUT2D eigenvalue weighted by molar-refractivity contribution is 6.13. The average molecular weight is 700 g/mol. The third-order valence-corrected chi connectivity index (χ3v) is 11.0. The van der Waals surface area contributed by atoms with E-state index in [0.717, 1.165) is 72.1 Å². The van der Waals surface area contributed by atoms with Gasteiger partial charge >= 0.3 is 0 Å². The Labute approximate surface area is 316 Å². The van der Waals surface area contributed by atoms with E-state index in [2.05, 4.69) is 175 Å². The number of nitrogens with zero attached hydrogens (tertiary/aromatic N) is 5. The SMILES string of the molecule is [C-]#[N+]c1cc(-c2ccccc2-n2c3ccc([N+]#[C-])cc3c3cc(-n4c5ccccc5c5ccccc54)ccc32)cc(-n2c3ccccc3c3ccccc32)c1. The molecule has 55 heavy (non-hydrogen) atoms. The lowest BCUT2D eigenvalue weighted by molar-refractivity contribution is 1.16. The molecule has 11 aromatic rings. The number of benzene rings is 8. The Morgan fingerprint density at radius 3 is 1.38 bits per heavy atom. The lowest BCUT2D eigenvalue weighted by Crippen LogP contribution is -1.99. The maximum atomic E-state index is 8.16. The van der Waals surface area contributed by atoms with Gasteiger partial charge in [0.25, 0.3) is 0 Å². The highest BCUT2D eigenvalue weighted by Crippen LogP contribution is 2.42. The molecular weight excluding hydrogens is 671 g/mol. The second-order valence-electron chi connectivity index (χ2n) is 14.0. The quantitative estimate of drug-likeness (QED) is 0.163. The molecular formula is C50H29N5. The topological polar surface area (TPSA) is 23.5 Å². The monoisotopic (exact) mass is 699 g/mol. The van der Waals surface area contributed by atoms with Crippen molar-refractivity contribution in [3.8, 4) is 28.2 Å². The fraction of sp³-hybridized carbons (Fsp3) is 0. The van der Waals surface area contributed by atoms with E-state index in [1.165, 1.54) is 21.5 Å². The van der Waals surface area contributed by atoms with Crippen molar-refractivity contribution < 1.29 is 0 Å². The fourth-order valence-electron chi connectivity index (χ4n) is 8.73. The van der Waals surface area contributed by atoms with Crippen molar-refractivity contribution in [1.29, 1.82) is 0 Å². The predicted octanol–water partition coefficient (Wildman–Crippen LogP) is 13.7.